The van der Waals surface area contributed by atoms with Crippen molar-refractivity contribution < 1.29 is 27.4 Å². The number of aromatic nitrogens is 1. The standard InChI is InChI=1S/C24H26N2O6S/c1-16(15-29-2)31-19-12-17(22-8-9-23(26-22)24-25-10-11-30-24)13-20(14-19)32-18-4-6-21(7-5-18)33(3,27)28/h4-9,12-14,16,26H,10-11,15H2,1-3H3/t16-/m0/s1. The summed E-state index contributed by atoms with van der Waals surface area (Å²) in [6, 6.07) is 15.7. The molecule has 9 heteroatoms. The molecule has 0 saturated heterocycles. The van der Waals surface area contributed by atoms with Crippen LogP contribution in [0.5, 0.6) is 17.2 Å². The molecule has 0 saturated carbocycles. The van der Waals surface area contributed by atoms with Gasteiger partial charge in [-0.3, -0.25) is 0 Å². The fourth-order valence-corrected chi connectivity index (χ4v) is 4.06. The SMILES string of the molecule is COC[C@H](C)Oc1cc(Oc2ccc(S(C)(=O)=O)cc2)cc(-c2ccc(C3=NCCO3)[nH]2)c1. The first kappa shape index (κ1) is 22.9. The smallest absolute Gasteiger partial charge is 0.233 e. The summed E-state index contributed by atoms with van der Waals surface area (Å²) in [5.74, 6) is 2.27. The lowest BCUT2D eigenvalue weighted by Gasteiger charge is -2.16. The van der Waals surface area contributed by atoms with Crippen LogP contribution in [0.1, 0.15) is 12.6 Å². The number of nitrogens with zero attached hydrogens (tertiary/aromatic N) is 1. The van der Waals surface area contributed by atoms with E-state index in [1.54, 1.807) is 25.3 Å². The van der Waals surface area contributed by atoms with Crippen molar-refractivity contribution in [3.8, 4) is 28.5 Å². The zero-order valence-electron chi connectivity index (χ0n) is 18.7. The van der Waals surface area contributed by atoms with Crippen LogP contribution in [-0.2, 0) is 19.3 Å². The molecule has 8 nitrogen and oxygen atoms in total. The summed E-state index contributed by atoms with van der Waals surface area (Å²) >= 11 is 0. The number of H-pyrrole nitrogens is 1. The number of rotatable bonds is 9. The molecule has 174 valence electrons. The number of aliphatic imine (C=N–C) groups is 1. The Morgan fingerprint density at radius 2 is 1.76 bits per heavy atom. The fourth-order valence-electron chi connectivity index (χ4n) is 3.43. The second-order valence-electron chi connectivity index (χ2n) is 7.74. The molecule has 1 N–H and O–H groups in total. The highest BCUT2D eigenvalue weighted by molar-refractivity contribution is 7.90. The predicted octanol–water partition coefficient (Wildman–Crippen LogP) is 4.07. The van der Waals surface area contributed by atoms with Gasteiger partial charge in [0, 0.05) is 30.7 Å². The van der Waals surface area contributed by atoms with E-state index in [1.807, 2.05) is 31.2 Å². The number of hydrogen-bond donors (Lipinski definition) is 1. The van der Waals surface area contributed by atoms with E-state index in [9.17, 15) is 8.42 Å². The zero-order valence-corrected chi connectivity index (χ0v) is 19.5. The third-order valence-electron chi connectivity index (χ3n) is 4.92. The molecule has 0 unspecified atom stereocenters. The van der Waals surface area contributed by atoms with Crippen molar-refractivity contribution in [2.45, 2.75) is 17.9 Å². The molecular weight excluding hydrogens is 444 g/mol. The highest BCUT2D eigenvalue weighted by Crippen LogP contribution is 2.33. The van der Waals surface area contributed by atoms with E-state index >= 15 is 0 Å². The highest BCUT2D eigenvalue weighted by atomic mass is 32.2. The van der Waals surface area contributed by atoms with Gasteiger partial charge in [0.1, 0.15) is 35.7 Å². The van der Waals surface area contributed by atoms with Gasteiger partial charge in [0.15, 0.2) is 9.84 Å². The number of aromatic amines is 1. The lowest BCUT2D eigenvalue weighted by molar-refractivity contribution is 0.0920. The Bertz CT molecular complexity index is 1250. The monoisotopic (exact) mass is 470 g/mol. The molecule has 4 rings (SSSR count). The third kappa shape index (κ3) is 5.74. The summed E-state index contributed by atoms with van der Waals surface area (Å²) in [5, 5.41) is 0. The lowest BCUT2D eigenvalue weighted by Crippen LogP contribution is -2.17. The van der Waals surface area contributed by atoms with Crippen molar-refractivity contribution >= 4 is 15.7 Å². The molecule has 0 radical (unpaired) electrons. The number of benzene rings is 2. The van der Waals surface area contributed by atoms with Crippen LogP contribution in [0, 0.1) is 0 Å². The van der Waals surface area contributed by atoms with Crippen LogP contribution < -0.4 is 9.47 Å². The normalized spacial score (nSPS) is 14.5. The Labute approximate surface area is 193 Å². The van der Waals surface area contributed by atoms with Crippen LogP contribution in [0.3, 0.4) is 0 Å². The average molecular weight is 471 g/mol. The van der Waals surface area contributed by atoms with Crippen molar-refractivity contribution in [1.29, 1.82) is 0 Å². The van der Waals surface area contributed by atoms with Gasteiger partial charge in [0.05, 0.1) is 18.0 Å². The van der Waals surface area contributed by atoms with Gasteiger partial charge in [-0.25, -0.2) is 13.4 Å². The van der Waals surface area contributed by atoms with E-state index in [0.717, 1.165) is 17.0 Å². The van der Waals surface area contributed by atoms with Crippen LogP contribution in [-0.4, -0.2) is 58.5 Å². The van der Waals surface area contributed by atoms with Gasteiger partial charge in [-0.15, -0.1) is 0 Å². The van der Waals surface area contributed by atoms with Crippen LogP contribution in [0.25, 0.3) is 11.3 Å². The lowest BCUT2D eigenvalue weighted by atomic mass is 10.1. The second-order valence-corrected chi connectivity index (χ2v) is 9.76. The van der Waals surface area contributed by atoms with Crippen molar-refractivity contribution in [3.63, 3.8) is 0 Å². The molecule has 0 bridgehead atoms. The fraction of sp³-hybridized carbons (Fsp3) is 0.292. The van der Waals surface area contributed by atoms with E-state index in [-0.39, 0.29) is 11.0 Å². The van der Waals surface area contributed by atoms with Crippen molar-refractivity contribution in [2.75, 3.05) is 33.1 Å². The summed E-state index contributed by atoms with van der Waals surface area (Å²) in [5.41, 5.74) is 2.51. The molecule has 33 heavy (non-hydrogen) atoms. The van der Waals surface area contributed by atoms with Crippen LogP contribution in [0.4, 0.5) is 0 Å². The first-order valence-electron chi connectivity index (χ1n) is 10.5. The molecule has 0 fully saturated rings. The predicted molar refractivity (Wildman–Crippen MR) is 125 cm³/mol. The number of hydrogen-bond acceptors (Lipinski definition) is 7. The van der Waals surface area contributed by atoms with Gasteiger partial charge < -0.3 is 23.9 Å². The minimum absolute atomic E-state index is 0.160. The molecule has 1 aliphatic heterocycles. The largest absolute Gasteiger partial charge is 0.488 e. The molecule has 0 amide bonds. The maximum absolute atomic E-state index is 11.7. The van der Waals surface area contributed by atoms with Crippen LogP contribution >= 0.6 is 0 Å². The first-order chi connectivity index (χ1) is 15.8. The molecule has 1 aliphatic rings. The van der Waals surface area contributed by atoms with Gasteiger partial charge >= 0.3 is 0 Å². The van der Waals surface area contributed by atoms with E-state index in [0.29, 0.717) is 42.9 Å². The van der Waals surface area contributed by atoms with Gasteiger partial charge in [-0.05, 0) is 55.5 Å². The molecule has 0 spiro atoms. The molecule has 1 atom stereocenters. The van der Waals surface area contributed by atoms with Crippen LogP contribution in [0.2, 0.25) is 0 Å². The first-order valence-corrected chi connectivity index (χ1v) is 12.4. The summed E-state index contributed by atoms with van der Waals surface area (Å²) in [4.78, 5) is 7.91. The Morgan fingerprint density at radius 3 is 2.42 bits per heavy atom. The molecule has 1 aromatic heterocycles. The molecular formula is C24H26N2O6S. The van der Waals surface area contributed by atoms with Crippen molar-refractivity contribution in [2.24, 2.45) is 4.99 Å². The highest BCUT2D eigenvalue weighted by Gasteiger charge is 2.15. The van der Waals surface area contributed by atoms with E-state index in [1.165, 1.54) is 18.4 Å². The van der Waals surface area contributed by atoms with E-state index < -0.39 is 9.84 Å². The zero-order chi connectivity index (χ0) is 23.4. The molecule has 2 heterocycles. The topological polar surface area (TPSA) is 99.2 Å². The third-order valence-corrected chi connectivity index (χ3v) is 6.05. The Kier molecular flexibility index (Phi) is 6.71. The summed E-state index contributed by atoms with van der Waals surface area (Å²) < 4.78 is 46.2. The molecule has 0 aliphatic carbocycles. The van der Waals surface area contributed by atoms with Crippen molar-refractivity contribution in [3.05, 3.63) is 60.3 Å². The van der Waals surface area contributed by atoms with Gasteiger partial charge in [-0.1, -0.05) is 0 Å². The molecule has 2 aromatic carbocycles. The Balaban J connectivity index is 1.64. The minimum atomic E-state index is -3.28. The number of sulfone groups is 1. The van der Waals surface area contributed by atoms with E-state index in [4.69, 9.17) is 18.9 Å². The van der Waals surface area contributed by atoms with Gasteiger partial charge in [-0.2, -0.15) is 0 Å². The Hall–Kier alpha value is -3.30. The Morgan fingerprint density at radius 1 is 1.03 bits per heavy atom. The van der Waals surface area contributed by atoms with Crippen molar-refractivity contribution in [1.82, 2.24) is 4.98 Å². The number of methoxy groups -OCH3 is 1. The maximum Gasteiger partial charge on any atom is 0.233 e. The molecule has 3 aromatic rings. The van der Waals surface area contributed by atoms with Gasteiger partial charge in [0.25, 0.3) is 0 Å². The minimum Gasteiger partial charge on any atom is -0.488 e. The average Bonchev–Trinajstić information content (AvgIpc) is 3.45. The van der Waals surface area contributed by atoms with E-state index in [2.05, 4.69) is 9.98 Å². The summed E-state index contributed by atoms with van der Waals surface area (Å²) in [7, 11) is -1.65. The summed E-state index contributed by atoms with van der Waals surface area (Å²) in [6.07, 6.45) is 1.01. The quantitative estimate of drug-likeness (QED) is 0.506. The maximum atomic E-state index is 11.7. The van der Waals surface area contributed by atoms with Gasteiger partial charge in [0.2, 0.25) is 5.90 Å². The van der Waals surface area contributed by atoms with Crippen LogP contribution in [0.15, 0.2) is 64.5 Å². The number of nitrogens with one attached hydrogen (secondary N) is 1. The summed E-state index contributed by atoms with van der Waals surface area (Å²) in [6.45, 7) is 3.60. The second kappa shape index (κ2) is 9.68. The number of ether oxygens (including phenoxy) is 4.